The van der Waals surface area contributed by atoms with Gasteiger partial charge in [-0.15, -0.1) is 0 Å². The van der Waals surface area contributed by atoms with Crippen LogP contribution in [-0.4, -0.2) is 10.5 Å². The van der Waals surface area contributed by atoms with E-state index in [9.17, 15) is 4.79 Å². The van der Waals surface area contributed by atoms with Crippen molar-refractivity contribution in [1.82, 2.24) is 4.57 Å². The van der Waals surface area contributed by atoms with Gasteiger partial charge in [0.05, 0.1) is 5.52 Å². The number of aromatic nitrogens is 1. The Balaban J connectivity index is 1.49. The van der Waals surface area contributed by atoms with Gasteiger partial charge in [0.15, 0.2) is 0 Å². The second kappa shape index (κ2) is 6.96. The van der Waals surface area contributed by atoms with Gasteiger partial charge in [-0.1, -0.05) is 84.4 Å². The summed E-state index contributed by atoms with van der Waals surface area (Å²) >= 11 is 0. The first-order chi connectivity index (χ1) is 17.7. The van der Waals surface area contributed by atoms with Crippen LogP contribution in [0.25, 0.3) is 44.5 Å². The van der Waals surface area contributed by atoms with Gasteiger partial charge >= 0.3 is 0 Å². The van der Waals surface area contributed by atoms with Crippen LogP contribution in [0.4, 0.5) is 0 Å². The maximum absolute atomic E-state index is 13.8. The van der Waals surface area contributed by atoms with Crippen molar-refractivity contribution in [1.29, 1.82) is 0 Å². The Morgan fingerprint density at radius 2 is 1.44 bits per heavy atom. The molecule has 1 atom stereocenters. The van der Waals surface area contributed by atoms with Gasteiger partial charge in [0.25, 0.3) is 5.91 Å². The number of rotatable bonds is 1. The fourth-order valence-corrected chi connectivity index (χ4v) is 6.27. The largest absolute Gasteiger partial charge is 0.455 e. The molecular weight excluding hydrogens is 442 g/mol. The molecule has 36 heavy (non-hydrogen) atoms. The molecule has 1 aliphatic heterocycles. The molecule has 4 aromatic carbocycles. The van der Waals surface area contributed by atoms with Crippen molar-refractivity contribution >= 4 is 50.4 Å². The van der Waals surface area contributed by atoms with Gasteiger partial charge in [0, 0.05) is 44.5 Å². The molecule has 0 saturated carbocycles. The van der Waals surface area contributed by atoms with Crippen molar-refractivity contribution in [3.05, 3.63) is 131 Å². The van der Waals surface area contributed by atoms with Crippen LogP contribution in [0.15, 0.2) is 107 Å². The minimum absolute atomic E-state index is 0.00456. The third kappa shape index (κ3) is 2.44. The van der Waals surface area contributed by atoms with Crippen LogP contribution in [0, 0.1) is 0 Å². The topological polar surface area (TPSA) is 35.1 Å². The Morgan fingerprint density at radius 3 is 2.36 bits per heavy atom. The Kier molecular flexibility index (Phi) is 3.80. The molecule has 0 radical (unpaired) electrons. The van der Waals surface area contributed by atoms with Crippen LogP contribution in [-0.2, 0) is 0 Å². The molecule has 8 rings (SSSR count). The molecule has 6 aromatic rings. The molecule has 2 aliphatic rings. The second-order valence-electron chi connectivity index (χ2n) is 9.75. The number of fused-ring (bicyclic) bond motifs is 8. The highest BCUT2D eigenvalue weighted by molar-refractivity contribution is 6.13. The van der Waals surface area contributed by atoms with Crippen molar-refractivity contribution in [2.75, 3.05) is 0 Å². The van der Waals surface area contributed by atoms with Gasteiger partial charge in [0.2, 0.25) is 0 Å². The van der Waals surface area contributed by atoms with Gasteiger partial charge < -0.3 is 4.42 Å². The number of nitrogens with zero attached hydrogens (tertiary/aromatic N) is 1. The van der Waals surface area contributed by atoms with Crippen LogP contribution in [0.3, 0.4) is 0 Å². The number of allylic oxidation sites excluding steroid dienone is 3. The number of para-hydroxylation sites is 3. The van der Waals surface area contributed by atoms with E-state index in [4.69, 9.17) is 4.42 Å². The first-order valence-electron chi connectivity index (χ1n) is 12.3. The third-order valence-corrected chi connectivity index (χ3v) is 7.78. The summed E-state index contributed by atoms with van der Waals surface area (Å²) in [5.41, 5.74) is 10.1. The molecule has 1 unspecified atom stereocenters. The lowest BCUT2D eigenvalue weighted by Gasteiger charge is -2.28. The molecule has 3 heterocycles. The average molecular weight is 464 g/mol. The minimum Gasteiger partial charge on any atom is -0.455 e. The number of furan rings is 1. The van der Waals surface area contributed by atoms with E-state index in [1.54, 1.807) is 0 Å². The Morgan fingerprint density at radius 1 is 0.722 bits per heavy atom. The Labute approximate surface area is 207 Å². The number of carbonyl (C=O) groups excluding carboxylic acids is 1. The zero-order chi connectivity index (χ0) is 24.0. The SMILES string of the molecule is CC1=CC(c2cccc3c2oc2ccccc23)=Cc2c3n(c4ccccc24)C(=O)c2ccccc2C13. The van der Waals surface area contributed by atoms with Crippen LogP contribution >= 0.6 is 0 Å². The maximum Gasteiger partial charge on any atom is 0.262 e. The number of carbonyl (C=O) groups is 1. The standard InChI is InChI=1S/C33H21NO2/c1-19-17-20(21-13-8-14-25-23-10-5-7-16-29(23)36-32(21)25)18-27-22-9-4-6-15-28(22)34-31(27)30(19)24-11-2-3-12-26(24)33(34)35/h2-18,30H,1H3. The number of benzene rings is 4. The molecule has 0 saturated heterocycles. The van der Waals surface area contributed by atoms with E-state index < -0.39 is 0 Å². The normalized spacial score (nSPS) is 16.6. The van der Waals surface area contributed by atoms with Gasteiger partial charge in [0.1, 0.15) is 11.2 Å². The van der Waals surface area contributed by atoms with Crippen LogP contribution in [0.2, 0.25) is 0 Å². The lowest BCUT2D eigenvalue weighted by molar-refractivity contribution is 0.0955. The maximum atomic E-state index is 13.8. The van der Waals surface area contributed by atoms with E-state index in [1.165, 1.54) is 5.57 Å². The van der Waals surface area contributed by atoms with Gasteiger partial charge in [-0.25, -0.2) is 0 Å². The monoisotopic (exact) mass is 463 g/mol. The summed E-state index contributed by atoms with van der Waals surface area (Å²) in [5.74, 6) is 0.0493. The second-order valence-corrected chi connectivity index (χ2v) is 9.75. The summed E-state index contributed by atoms with van der Waals surface area (Å²) < 4.78 is 8.34. The van der Waals surface area contributed by atoms with Crippen molar-refractivity contribution in [3.63, 3.8) is 0 Å². The lowest BCUT2D eigenvalue weighted by Crippen LogP contribution is -2.26. The first-order valence-corrected chi connectivity index (χ1v) is 12.3. The molecule has 0 spiro atoms. The van der Waals surface area contributed by atoms with E-state index in [-0.39, 0.29) is 11.8 Å². The highest BCUT2D eigenvalue weighted by Gasteiger charge is 2.37. The highest BCUT2D eigenvalue weighted by Crippen LogP contribution is 2.48. The van der Waals surface area contributed by atoms with Crippen molar-refractivity contribution in [2.24, 2.45) is 0 Å². The van der Waals surface area contributed by atoms with Crippen LogP contribution in [0.5, 0.6) is 0 Å². The summed E-state index contributed by atoms with van der Waals surface area (Å²) in [7, 11) is 0. The van der Waals surface area contributed by atoms with Gasteiger partial charge in [-0.2, -0.15) is 0 Å². The smallest absolute Gasteiger partial charge is 0.262 e. The Bertz CT molecular complexity index is 1980. The quantitative estimate of drug-likeness (QED) is 0.246. The van der Waals surface area contributed by atoms with Crippen LogP contribution < -0.4 is 0 Å². The van der Waals surface area contributed by atoms with Crippen molar-refractivity contribution in [2.45, 2.75) is 12.8 Å². The van der Waals surface area contributed by atoms with E-state index >= 15 is 0 Å². The summed E-state index contributed by atoms with van der Waals surface area (Å²) in [6.07, 6.45) is 4.53. The Hall–Kier alpha value is -4.63. The summed E-state index contributed by atoms with van der Waals surface area (Å²) in [6, 6.07) is 30.8. The van der Waals surface area contributed by atoms with Crippen LogP contribution in [0.1, 0.15) is 45.6 Å². The van der Waals surface area contributed by atoms with Crippen molar-refractivity contribution in [3.8, 4) is 0 Å². The average Bonchev–Trinajstić information content (AvgIpc) is 3.40. The molecular formula is C33H21NO2. The molecule has 3 nitrogen and oxygen atoms in total. The van der Waals surface area contributed by atoms with E-state index in [1.807, 2.05) is 41.0 Å². The summed E-state index contributed by atoms with van der Waals surface area (Å²) in [5, 5.41) is 3.33. The molecule has 170 valence electrons. The summed E-state index contributed by atoms with van der Waals surface area (Å²) in [6.45, 7) is 2.18. The first kappa shape index (κ1) is 19.7. The molecule has 0 fully saturated rings. The van der Waals surface area contributed by atoms with Crippen molar-refractivity contribution < 1.29 is 9.21 Å². The van der Waals surface area contributed by atoms with E-state index in [2.05, 4.69) is 73.7 Å². The third-order valence-electron chi connectivity index (χ3n) is 7.78. The minimum atomic E-state index is 0.00456. The predicted octanol–water partition coefficient (Wildman–Crippen LogP) is 8.18. The fraction of sp³-hybridized carbons (Fsp3) is 0.0606. The van der Waals surface area contributed by atoms with Gasteiger partial charge in [-0.05, 0) is 42.3 Å². The molecule has 1 aliphatic carbocycles. The zero-order valence-electron chi connectivity index (χ0n) is 19.7. The highest BCUT2D eigenvalue weighted by atomic mass is 16.3. The molecule has 0 amide bonds. The number of hydrogen-bond donors (Lipinski definition) is 0. The van der Waals surface area contributed by atoms with E-state index in [0.717, 1.165) is 66.4 Å². The van der Waals surface area contributed by atoms with E-state index in [0.29, 0.717) is 0 Å². The summed E-state index contributed by atoms with van der Waals surface area (Å²) in [4.78, 5) is 13.8. The van der Waals surface area contributed by atoms with Gasteiger partial charge in [-0.3, -0.25) is 9.36 Å². The predicted molar refractivity (Wildman–Crippen MR) is 145 cm³/mol. The molecule has 0 bridgehead atoms. The number of hydrogen-bond acceptors (Lipinski definition) is 2. The molecule has 2 aromatic heterocycles. The zero-order valence-corrected chi connectivity index (χ0v) is 19.7. The molecule has 0 N–H and O–H groups in total. The molecule has 3 heteroatoms. The lowest BCUT2D eigenvalue weighted by atomic mass is 9.82. The fourth-order valence-electron chi connectivity index (χ4n) is 6.27.